The lowest BCUT2D eigenvalue weighted by Gasteiger charge is -2.33. The fraction of sp³-hybridized carbons (Fsp3) is 0.455. The average Bonchev–Trinajstić information content (AvgIpc) is 3.01. The summed E-state index contributed by atoms with van der Waals surface area (Å²) in [5.41, 5.74) is 4.64. The number of ether oxygens (including phenoxy) is 1. The van der Waals surface area contributed by atoms with E-state index >= 15 is 0 Å². The molecule has 2 amide bonds. The predicted octanol–water partition coefficient (Wildman–Crippen LogP) is 5.16. The normalized spacial score (nSPS) is 18.0. The standard InChI is InChI=1S/C33H42N6O3/c1-25-8-13-29(34-22-25)7-5-16-37-18-20-38(21-19-37)33(41)42-31-15-14-30(23-35-31)36-32(40)28-11-9-27(10-12-28)24-39-17-4-3-6-26(39)2/h8-15,22-23,26H,3-7,16-21,24H2,1-2H3,(H,36,40). The molecule has 1 unspecified atom stereocenters. The van der Waals surface area contributed by atoms with Gasteiger partial charge in [0.25, 0.3) is 5.91 Å². The average molecular weight is 571 g/mol. The molecule has 1 N–H and O–H groups in total. The smallest absolute Gasteiger partial charge is 0.391 e. The number of benzene rings is 1. The number of nitrogens with zero attached hydrogens (tertiary/aromatic N) is 5. The van der Waals surface area contributed by atoms with Gasteiger partial charge in [-0.15, -0.1) is 0 Å². The number of hydrogen-bond acceptors (Lipinski definition) is 7. The molecule has 0 aliphatic carbocycles. The van der Waals surface area contributed by atoms with Crippen molar-refractivity contribution in [1.29, 1.82) is 0 Å². The molecule has 222 valence electrons. The largest absolute Gasteiger partial charge is 0.416 e. The SMILES string of the molecule is Cc1ccc(CCCN2CCN(C(=O)Oc3ccc(NC(=O)c4ccc(CN5CCCCC5C)cc4)cn3)CC2)nc1. The summed E-state index contributed by atoms with van der Waals surface area (Å²) >= 11 is 0. The molecule has 2 aliphatic heterocycles. The van der Waals surface area contributed by atoms with Gasteiger partial charge in [-0.2, -0.15) is 0 Å². The molecule has 9 nitrogen and oxygen atoms in total. The summed E-state index contributed by atoms with van der Waals surface area (Å²) in [5, 5.41) is 2.87. The Bertz CT molecular complexity index is 1310. The van der Waals surface area contributed by atoms with Gasteiger partial charge in [-0.05, 0) is 88.0 Å². The maximum absolute atomic E-state index is 12.8. The Kier molecular flexibility index (Phi) is 10.2. The summed E-state index contributed by atoms with van der Waals surface area (Å²) in [6, 6.07) is 15.9. The highest BCUT2D eigenvalue weighted by Gasteiger charge is 2.23. The molecular formula is C33H42N6O3. The monoisotopic (exact) mass is 570 g/mol. The fourth-order valence-electron chi connectivity index (χ4n) is 5.54. The van der Waals surface area contributed by atoms with Crippen LogP contribution in [0.4, 0.5) is 10.5 Å². The minimum absolute atomic E-state index is 0.201. The summed E-state index contributed by atoms with van der Waals surface area (Å²) in [7, 11) is 0. The third-order valence-electron chi connectivity index (χ3n) is 8.24. The van der Waals surface area contributed by atoms with Gasteiger partial charge in [-0.3, -0.25) is 19.6 Å². The number of amides is 2. The number of hydrogen-bond donors (Lipinski definition) is 1. The molecule has 2 aromatic heterocycles. The van der Waals surface area contributed by atoms with Crippen LogP contribution in [0.3, 0.4) is 0 Å². The number of likely N-dealkylation sites (tertiary alicyclic amines) is 1. The zero-order valence-corrected chi connectivity index (χ0v) is 24.8. The lowest BCUT2D eigenvalue weighted by molar-refractivity contribution is 0.102. The van der Waals surface area contributed by atoms with Crippen molar-refractivity contribution in [2.24, 2.45) is 0 Å². The molecule has 5 rings (SSSR count). The molecule has 3 aromatic rings. The molecule has 4 heterocycles. The Morgan fingerprint density at radius 3 is 2.43 bits per heavy atom. The van der Waals surface area contributed by atoms with Crippen LogP contribution in [0.15, 0.2) is 60.9 Å². The van der Waals surface area contributed by atoms with Crippen molar-refractivity contribution in [3.63, 3.8) is 0 Å². The van der Waals surface area contributed by atoms with Gasteiger partial charge in [0.15, 0.2) is 0 Å². The molecule has 0 spiro atoms. The van der Waals surface area contributed by atoms with Crippen molar-refractivity contribution in [3.8, 4) is 5.88 Å². The van der Waals surface area contributed by atoms with Gasteiger partial charge in [0, 0.05) is 62.3 Å². The molecule has 1 aromatic carbocycles. The Morgan fingerprint density at radius 1 is 0.929 bits per heavy atom. The molecule has 1 atom stereocenters. The molecule has 0 radical (unpaired) electrons. The van der Waals surface area contributed by atoms with E-state index in [9.17, 15) is 9.59 Å². The topological polar surface area (TPSA) is 90.9 Å². The van der Waals surface area contributed by atoms with Crippen LogP contribution in [0, 0.1) is 6.92 Å². The van der Waals surface area contributed by atoms with Gasteiger partial charge in [0.1, 0.15) is 0 Å². The Hall–Kier alpha value is -3.82. The Labute approximate surface area is 248 Å². The summed E-state index contributed by atoms with van der Waals surface area (Å²) in [6.45, 7) is 10.2. The molecule has 2 saturated heterocycles. The van der Waals surface area contributed by atoms with Crippen LogP contribution in [0.25, 0.3) is 0 Å². The highest BCUT2D eigenvalue weighted by atomic mass is 16.6. The Balaban J connectivity index is 1.02. The summed E-state index contributed by atoms with van der Waals surface area (Å²) in [4.78, 5) is 40.7. The van der Waals surface area contributed by atoms with E-state index in [0.29, 0.717) is 30.4 Å². The molecule has 2 fully saturated rings. The first kappa shape index (κ1) is 29.7. The van der Waals surface area contributed by atoms with Crippen molar-refractivity contribution >= 4 is 17.7 Å². The van der Waals surface area contributed by atoms with Crippen molar-refractivity contribution in [3.05, 3.63) is 83.3 Å². The first-order chi connectivity index (χ1) is 20.4. The van der Waals surface area contributed by atoms with Crippen LogP contribution in [-0.2, 0) is 13.0 Å². The van der Waals surface area contributed by atoms with Gasteiger partial charge in [-0.25, -0.2) is 9.78 Å². The van der Waals surface area contributed by atoms with Crippen LogP contribution >= 0.6 is 0 Å². The van der Waals surface area contributed by atoms with E-state index in [4.69, 9.17) is 4.74 Å². The number of carbonyl (C=O) groups is 2. The number of rotatable bonds is 9. The van der Waals surface area contributed by atoms with Gasteiger partial charge in [0.2, 0.25) is 5.88 Å². The molecule has 2 aliphatic rings. The lowest BCUT2D eigenvalue weighted by Crippen LogP contribution is -2.49. The predicted molar refractivity (Wildman–Crippen MR) is 164 cm³/mol. The first-order valence-corrected chi connectivity index (χ1v) is 15.1. The number of nitrogens with one attached hydrogen (secondary N) is 1. The van der Waals surface area contributed by atoms with Gasteiger partial charge >= 0.3 is 6.09 Å². The number of aryl methyl sites for hydroxylation is 2. The van der Waals surface area contributed by atoms with E-state index in [1.807, 2.05) is 37.4 Å². The number of piperidine rings is 1. The van der Waals surface area contributed by atoms with Crippen LogP contribution < -0.4 is 10.1 Å². The zero-order chi connectivity index (χ0) is 29.3. The lowest BCUT2D eigenvalue weighted by atomic mass is 10.0. The number of carbonyl (C=O) groups excluding carboxylic acids is 2. The maximum Gasteiger partial charge on any atom is 0.416 e. The first-order valence-electron chi connectivity index (χ1n) is 15.1. The minimum atomic E-state index is -0.401. The van der Waals surface area contributed by atoms with Crippen LogP contribution in [0.1, 0.15) is 59.8 Å². The van der Waals surface area contributed by atoms with Crippen molar-refractivity contribution in [2.45, 2.75) is 58.5 Å². The number of anilines is 1. The minimum Gasteiger partial charge on any atom is -0.391 e. The summed E-state index contributed by atoms with van der Waals surface area (Å²) in [6.07, 6.45) is 8.82. The van der Waals surface area contributed by atoms with E-state index in [2.05, 4.69) is 44.1 Å². The highest BCUT2D eigenvalue weighted by Crippen LogP contribution is 2.20. The number of pyridine rings is 2. The van der Waals surface area contributed by atoms with Crippen molar-refractivity contribution in [1.82, 2.24) is 24.7 Å². The Morgan fingerprint density at radius 2 is 1.74 bits per heavy atom. The molecule has 42 heavy (non-hydrogen) atoms. The van der Waals surface area contributed by atoms with Crippen LogP contribution in [-0.4, -0.2) is 82.0 Å². The van der Waals surface area contributed by atoms with Crippen LogP contribution in [0.5, 0.6) is 5.88 Å². The zero-order valence-electron chi connectivity index (χ0n) is 24.8. The van der Waals surface area contributed by atoms with Gasteiger partial charge in [0.05, 0.1) is 11.9 Å². The fourth-order valence-corrected chi connectivity index (χ4v) is 5.54. The maximum atomic E-state index is 12.8. The van der Waals surface area contributed by atoms with E-state index in [1.165, 1.54) is 36.6 Å². The second-order valence-corrected chi connectivity index (χ2v) is 11.5. The van der Waals surface area contributed by atoms with E-state index < -0.39 is 6.09 Å². The van der Waals surface area contributed by atoms with Gasteiger partial charge < -0.3 is 15.0 Å². The highest BCUT2D eigenvalue weighted by molar-refractivity contribution is 6.04. The number of piperazine rings is 1. The molecule has 0 bridgehead atoms. The second-order valence-electron chi connectivity index (χ2n) is 11.5. The van der Waals surface area contributed by atoms with E-state index in [-0.39, 0.29) is 11.8 Å². The molecule has 9 heteroatoms. The van der Waals surface area contributed by atoms with Crippen molar-refractivity contribution in [2.75, 3.05) is 44.6 Å². The van der Waals surface area contributed by atoms with E-state index in [1.54, 1.807) is 17.0 Å². The third kappa shape index (κ3) is 8.36. The summed E-state index contributed by atoms with van der Waals surface area (Å²) < 4.78 is 5.50. The summed E-state index contributed by atoms with van der Waals surface area (Å²) in [5.74, 6) is 0.00903. The second kappa shape index (κ2) is 14.4. The quantitative estimate of drug-likeness (QED) is 0.380. The van der Waals surface area contributed by atoms with Crippen LogP contribution in [0.2, 0.25) is 0 Å². The van der Waals surface area contributed by atoms with E-state index in [0.717, 1.165) is 51.3 Å². The number of aromatic nitrogens is 2. The van der Waals surface area contributed by atoms with Gasteiger partial charge in [-0.1, -0.05) is 24.6 Å². The van der Waals surface area contributed by atoms with Crippen molar-refractivity contribution < 1.29 is 14.3 Å². The third-order valence-corrected chi connectivity index (χ3v) is 8.24. The molecular weight excluding hydrogens is 528 g/mol. The molecule has 0 saturated carbocycles.